The van der Waals surface area contributed by atoms with Crippen molar-refractivity contribution in [3.63, 3.8) is 0 Å². The number of nitrogens with zero attached hydrogens (tertiary/aromatic N) is 1. The number of rotatable bonds is 2. The first-order valence-electron chi connectivity index (χ1n) is 6.86. The van der Waals surface area contributed by atoms with Crippen LogP contribution in [0.15, 0.2) is 0 Å². The average Bonchev–Trinajstić information content (AvgIpc) is 2.29. The highest BCUT2D eigenvalue weighted by molar-refractivity contribution is 5.73. The summed E-state index contributed by atoms with van der Waals surface area (Å²) in [5, 5.41) is 13.1. The van der Waals surface area contributed by atoms with Gasteiger partial charge in [0.1, 0.15) is 0 Å². The number of piperidine rings is 1. The molecule has 0 radical (unpaired) electrons. The van der Waals surface area contributed by atoms with Crippen LogP contribution < -0.4 is 5.32 Å². The Bertz CT molecular complexity index is 270. The summed E-state index contributed by atoms with van der Waals surface area (Å²) >= 11 is 0. The highest BCUT2D eigenvalue weighted by atomic mass is 16.3. The zero-order valence-electron chi connectivity index (χ0n) is 10.7. The Hall–Kier alpha value is -0.610. The molecule has 0 spiro atoms. The van der Waals surface area contributed by atoms with Crippen LogP contribution in [0, 0.1) is 0 Å². The molecule has 1 saturated heterocycles. The summed E-state index contributed by atoms with van der Waals surface area (Å²) in [5.74, 6) is 0.0565. The summed E-state index contributed by atoms with van der Waals surface area (Å²) < 4.78 is 0. The van der Waals surface area contributed by atoms with E-state index in [-0.39, 0.29) is 18.1 Å². The van der Waals surface area contributed by atoms with Crippen molar-refractivity contribution in [1.82, 2.24) is 10.2 Å². The Balaban J connectivity index is 1.89. The highest BCUT2D eigenvalue weighted by Gasteiger charge is 2.32. The molecule has 1 saturated carbocycles. The lowest BCUT2D eigenvalue weighted by molar-refractivity contribution is -0.120. The number of amides is 1. The lowest BCUT2D eigenvalue weighted by Gasteiger charge is -2.42. The minimum atomic E-state index is -0.167. The maximum Gasteiger partial charge on any atom is 0.217 e. The van der Waals surface area contributed by atoms with Gasteiger partial charge in [-0.2, -0.15) is 0 Å². The van der Waals surface area contributed by atoms with E-state index in [0.29, 0.717) is 6.04 Å². The molecule has 2 N–H and O–H groups in total. The molecule has 98 valence electrons. The van der Waals surface area contributed by atoms with Crippen molar-refractivity contribution < 1.29 is 9.90 Å². The first kappa shape index (κ1) is 12.8. The van der Waals surface area contributed by atoms with E-state index < -0.39 is 0 Å². The van der Waals surface area contributed by atoms with E-state index in [1.807, 2.05) is 0 Å². The Morgan fingerprint density at radius 3 is 2.71 bits per heavy atom. The molecule has 1 amide bonds. The maximum atomic E-state index is 11.1. The van der Waals surface area contributed by atoms with E-state index in [2.05, 4.69) is 10.2 Å². The molecule has 0 aromatic carbocycles. The molecule has 3 atom stereocenters. The molecule has 17 heavy (non-hydrogen) atoms. The predicted molar refractivity (Wildman–Crippen MR) is 66.7 cm³/mol. The van der Waals surface area contributed by atoms with Crippen molar-refractivity contribution >= 4 is 5.91 Å². The third-order valence-electron chi connectivity index (χ3n) is 4.02. The van der Waals surface area contributed by atoms with Crippen LogP contribution in [0.2, 0.25) is 0 Å². The van der Waals surface area contributed by atoms with Crippen LogP contribution in [-0.2, 0) is 4.79 Å². The van der Waals surface area contributed by atoms with Crippen LogP contribution in [0.4, 0.5) is 0 Å². The van der Waals surface area contributed by atoms with E-state index in [1.165, 1.54) is 6.42 Å². The molecule has 2 aliphatic rings. The van der Waals surface area contributed by atoms with E-state index >= 15 is 0 Å². The maximum absolute atomic E-state index is 11.1. The van der Waals surface area contributed by atoms with Crippen LogP contribution in [0.25, 0.3) is 0 Å². The highest BCUT2D eigenvalue weighted by Crippen LogP contribution is 2.25. The Morgan fingerprint density at radius 1 is 1.24 bits per heavy atom. The van der Waals surface area contributed by atoms with Gasteiger partial charge in [0.15, 0.2) is 0 Å². The van der Waals surface area contributed by atoms with Crippen LogP contribution in [0.3, 0.4) is 0 Å². The monoisotopic (exact) mass is 240 g/mol. The Kier molecular flexibility index (Phi) is 4.40. The fourth-order valence-electron chi connectivity index (χ4n) is 3.23. The minimum absolute atomic E-state index is 0.0565. The SMILES string of the molecule is CC(=O)NC1CCCN(C2CCCCC2O)C1. The zero-order chi connectivity index (χ0) is 12.3. The van der Waals surface area contributed by atoms with Gasteiger partial charge in [-0.05, 0) is 32.2 Å². The van der Waals surface area contributed by atoms with Gasteiger partial charge in [0.05, 0.1) is 6.10 Å². The molecule has 4 nitrogen and oxygen atoms in total. The third kappa shape index (κ3) is 3.42. The fourth-order valence-corrected chi connectivity index (χ4v) is 3.23. The van der Waals surface area contributed by atoms with Crippen molar-refractivity contribution in [1.29, 1.82) is 0 Å². The van der Waals surface area contributed by atoms with E-state index in [9.17, 15) is 9.90 Å². The molecule has 4 heteroatoms. The van der Waals surface area contributed by atoms with Gasteiger partial charge in [-0.3, -0.25) is 9.69 Å². The lowest BCUT2D eigenvalue weighted by atomic mass is 9.89. The van der Waals surface area contributed by atoms with Gasteiger partial charge in [0, 0.05) is 25.6 Å². The van der Waals surface area contributed by atoms with Gasteiger partial charge < -0.3 is 10.4 Å². The summed E-state index contributed by atoms with van der Waals surface area (Å²) in [7, 11) is 0. The number of carbonyl (C=O) groups is 1. The van der Waals surface area contributed by atoms with Gasteiger partial charge in [0.25, 0.3) is 0 Å². The van der Waals surface area contributed by atoms with Crippen LogP contribution in [0.1, 0.15) is 45.4 Å². The van der Waals surface area contributed by atoms with E-state index in [0.717, 1.165) is 45.2 Å². The van der Waals surface area contributed by atoms with Gasteiger partial charge in [-0.25, -0.2) is 0 Å². The molecule has 1 heterocycles. The minimum Gasteiger partial charge on any atom is -0.391 e. The molecule has 0 aromatic heterocycles. The summed E-state index contributed by atoms with van der Waals surface area (Å²) in [6.45, 7) is 3.55. The quantitative estimate of drug-likeness (QED) is 0.753. The second kappa shape index (κ2) is 5.83. The van der Waals surface area contributed by atoms with E-state index in [4.69, 9.17) is 0 Å². The van der Waals surface area contributed by atoms with Crippen molar-refractivity contribution in [2.24, 2.45) is 0 Å². The first-order valence-corrected chi connectivity index (χ1v) is 6.86. The molecular formula is C13H24N2O2. The number of nitrogens with one attached hydrogen (secondary N) is 1. The molecule has 0 aromatic rings. The van der Waals surface area contributed by atoms with E-state index in [1.54, 1.807) is 6.92 Å². The summed E-state index contributed by atoms with van der Waals surface area (Å²) in [5.41, 5.74) is 0. The molecule has 3 unspecified atom stereocenters. The van der Waals surface area contributed by atoms with Crippen molar-refractivity contribution in [2.45, 2.75) is 63.6 Å². The fraction of sp³-hybridized carbons (Fsp3) is 0.923. The Labute approximate surface area is 103 Å². The van der Waals surface area contributed by atoms with Crippen LogP contribution in [0.5, 0.6) is 0 Å². The summed E-state index contributed by atoms with van der Waals surface area (Å²) in [4.78, 5) is 13.5. The standard InChI is InChI=1S/C13H24N2O2/c1-10(16)14-11-5-4-8-15(9-11)12-6-2-3-7-13(12)17/h11-13,17H,2-9H2,1H3,(H,14,16). The summed E-state index contributed by atoms with van der Waals surface area (Å²) in [6.07, 6.45) is 6.44. The summed E-state index contributed by atoms with van der Waals surface area (Å²) in [6, 6.07) is 0.593. The normalized spacial score (nSPS) is 35.5. The number of aliphatic hydroxyl groups excluding tert-OH is 1. The molecule has 2 rings (SSSR count). The average molecular weight is 240 g/mol. The smallest absolute Gasteiger partial charge is 0.217 e. The third-order valence-corrected chi connectivity index (χ3v) is 4.02. The van der Waals surface area contributed by atoms with Crippen LogP contribution in [-0.4, -0.2) is 47.2 Å². The largest absolute Gasteiger partial charge is 0.391 e. The topological polar surface area (TPSA) is 52.6 Å². The Morgan fingerprint density at radius 2 is 2.00 bits per heavy atom. The molecule has 1 aliphatic carbocycles. The zero-order valence-corrected chi connectivity index (χ0v) is 10.7. The molecular weight excluding hydrogens is 216 g/mol. The number of aliphatic hydroxyl groups is 1. The molecule has 0 bridgehead atoms. The lowest BCUT2D eigenvalue weighted by Crippen LogP contribution is -2.54. The van der Waals surface area contributed by atoms with Crippen molar-refractivity contribution in [3.05, 3.63) is 0 Å². The number of hydrogen-bond acceptors (Lipinski definition) is 3. The molecule has 2 fully saturated rings. The number of hydrogen-bond donors (Lipinski definition) is 2. The van der Waals surface area contributed by atoms with Crippen molar-refractivity contribution in [2.75, 3.05) is 13.1 Å². The van der Waals surface area contributed by atoms with Gasteiger partial charge in [-0.15, -0.1) is 0 Å². The second-order valence-corrected chi connectivity index (χ2v) is 5.45. The van der Waals surface area contributed by atoms with Crippen LogP contribution >= 0.6 is 0 Å². The van der Waals surface area contributed by atoms with Gasteiger partial charge in [0.2, 0.25) is 5.91 Å². The molecule has 1 aliphatic heterocycles. The van der Waals surface area contributed by atoms with Gasteiger partial charge in [-0.1, -0.05) is 12.8 Å². The first-order chi connectivity index (χ1) is 8.16. The van der Waals surface area contributed by atoms with Crippen molar-refractivity contribution in [3.8, 4) is 0 Å². The van der Waals surface area contributed by atoms with Gasteiger partial charge >= 0.3 is 0 Å². The second-order valence-electron chi connectivity index (χ2n) is 5.45. The number of likely N-dealkylation sites (tertiary alicyclic amines) is 1. The predicted octanol–water partition coefficient (Wildman–Crippen LogP) is 0.890. The number of carbonyl (C=O) groups excluding carboxylic acids is 1.